The lowest BCUT2D eigenvalue weighted by molar-refractivity contribution is 1.18. The molecule has 19 heavy (non-hydrogen) atoms. The number of nitrogens with one attached hydrogen (secondary N) is 1. The van der Waals surface area contributed by atoms with Gasteiger partial charge in [-0.1, -0.05) is 23.2 Å². The predicted molar refractivity (Wildman–Crippen MR) is 77.7 cm³/mol. The zero-order valence-corrected chi connectivity index (χ0v) is 11.6. The zero-order valence-electron chi connectivity index (χ0n) is 9.26. The standard InChI is InChI=1S/C10H6Cl2N6S/c11-4-3-5(12)8-9(18-19-17-8)7(4)15-6-1-2-14-10(13)16-6/h1-3H,(H3,13,14,15,16). The van der Waals surface area contributed by atoms with Crippen molar-refractivity contribution in [3.05, 3.63) is 28.4 Å². The van der Waals surface area contributed by atoms with Crippen LogP contribution in [0.1, 0.15) is 0 Å². The number of hydrogen-bond donors (Lipinski definition) is 2. The van der Waals surface area contributed by atoms with Gasteiger partial charge in [0.1, 0.15) is 17.2 Å². The molecule has 0 saturated carbocycles. The first-order valence-corrected chi connectivity index (χ1v) is 6.59. The lowest BCUT2D eigenvalue weighted by Crippen LogP contribution is -1.99. The second-order valence-corrected chi connectivity index (χ2v) is 4.94. The van der Waals surface area contributed by atoms with E-state index in [1.54, 1.807) is 18.3 Å². The minimum Gasteiger partial charge on any atom is -0.368 e. The van der Waals surface area contributed by atoms with E-state index in [-0.39, 0.29) is 5.95 Å². The summed E-state index contributed by atoms with van der Waals surface area (Å²) in [5.74, 6) is 0.689. The molecule has 1 aromatic carbocycles. The summed E-state index contributed by atoms with van der Waals surface area (Å²) in [6.07, 6.45) is 1.55. The highest BCUT2D eigenvalue weighted by Gasteiger charge is 2.19. The summed E-state index contributed by atoms with van der Waals surface area (Å²) in [6.45, 7) is 0. The van der Waals surface area contributed by atoms with Gasteiger partial charge >= 0.3 is 0 Å². The van der Waals surface area contributed by atoms with Gasteiger partial charge in [0.2, 0.25) is 5.95 Å². The Kier molecular flexibility index (Phi) is 3.09. The van der Waals surface area contributed by atoms with E-state index in [9.17, 15) is 0 Å². The molecule has 3 rings (SSSR count). The van der Waals surface area contributed by atoms with E-state index in [2.05, 4.69) is 24.0 Å². The molecule has 0 bridgehead atoms. The highest BCUT2D eigenvalue weighted by atomic mass is 35.5. The molecule has 0 amide bonds. The van der Waals surface area contributed by atoms with Gasteiger partial charge in [0.05, 0.1) is 27.1 Å². The smallest absolute Gasteiger partial charge is 0.221 e. The summed E-state index contributed by atoms with van der Waals surface area (Å²) < 4.78 is 8.31. The third-order valence-electron chi connectivity index (χ3n) is 2.37. The number of benzene rings is 1. The van der Waals surface area contributed by atoms with Crippen molar-refractivity contribution < 1.29 is 0 Å². The van der Waals surface area contributed by atoms with Crippen LogP contribution in [0.2, 0.25) is 10.0 Å². The maximum absolute atomic E-state index is 6.17. The third-order valence-corrected chi connectivity index (χ3v) is 3.49. The molecule has 0 atom stereocenters. The Bertz CT molecular complexity index is 741. The molecule has 2 aromatic rings. The van der Waals surface area contributed by atoms with Crippen LogP contribution in [0, 0.1) is 0 Å². The summed E-state index contributed by atoms with van der Waals surface area (Å²) >= 11 is 13.3. The minimum atomic E-state index is 0.169. The van der Waals surface area contributed by atoms with Crippen molar-refractivity contribution in [2.45, 2.75) is 0 Å². The van der Waals surface area contributed by atoms with E-state index in [0.717, 1.165) is 11.4 Å². The second kappa shape index (κ2) is 4.76. The van der Waals surface area contributed by atoms with Crippen LogP contribution in [0.4, 0.5) is 28.8 Å². The molecule has 1 aliphatic heterocycles. The molecular weight excluding hydrogens is 307 g/mol. The number of anilines is 3. The largest absolute Gasteiger partial charge is 0.368 e. The number of fused-ring (bicyclic) bond motifs is 1. The molecule has 1 aromatic heterocycles. The number of hydrogen-bond acceptors (Lipinski definition) is 6. The average molecular weight is 313 g/mol. The Balaban J connectivity index is 2.07. The maximum atomic E-state index is 6.17. The van der Waals surface area contributed by atoms with Crippen LogP contribution in [0.25, 0.3) is 0 Å². The van der Waals surface area contributed by atoms with Crippen LogP contribution in [0.3, 0.4) is 0 Å². The molecule has 0 saturated heterocycles. The molecule has 0 radical (unpaired) electrons. The predicted octanol–water partition coefficient (Wildman–Crippen LogP) is 3.84. The molecule has 2 heterocycles. The van der Waals surface area contributed by atoms with Crippen LogP contribution in [0.5, 0.6) is 0 Å². The van der Waals surface area contributed by atoms with Gasteiger partial charge in [-0.2, -0.15) is 13.7 Å². The number of nitrogen functional groups attached to an aromatic ring is 1. The van der Waals surface area contributed by atoms with Crippen molar-refractivity contribution in [3.8, 4) is 0 Å². The van der Waals surface area contributed by atoms with Gasteiger partial charge in [-0.25, -0.2) is 4.98 Å². The normalized spacial score (nSPS) is 12.1. The molecule has 0 aliphatic carbocycles. The van der Waals surface area contributed by atoms with E-state index >= 15 is 0 Å². The van der Waals surface area contributed by atoms with Crippen molar-refractivity contribution in [2.24, 2.45) is 8.73 Å². The van der Waals surface area contributed by atoms with E-state index in [4.69, 9.17) is 28.9 Å². The van der Waals surface area contributed by atoms with Gasteiger partial charge in [0.25, 0.3) is 0 Å². The Labute approximate surface area is 121 Å². The maximum Gasteiger partial charge on any atom is 0.221 e. The molecule has 96 valence electrons. The summed E-state index contributed by atoms with van der Waals surface area (Å²) in [7, 11) is 0. The van der Waals surface area contributed by atoms with Crippen molar-refractivity contribution in [3.63, 3.8) is 0 Å². The van der Waals surface area contributed by atoms with Crippen molar-refractivity contribution in [2.75, 3.05) is 11.1 Å². The molecule has 0 fully saturated rings. The van der Waals surface area contributed by atoms with E-state index in [1.165, 1.54) is 0 Å². The van der Waals surface area contributed by atoms with Gasteiger partial charge in [-0.05, 0) is 12.1 Å². The SMILES string of the molecule is Nc1nccc(Nc2c(Cl)cc(Cl)c3c2N=S=N3)n1. The van der Waals surface area contributed by atoms with Gasteiger partial charge in [0, 0.05) is 6.20 Å². The number of nitrogens with two attached hydrogens (primary N) is 1. The third kappa shape index (κ3) is 2.27. The van der Waals surface area contributed by atoms with Crippen LogP contribution in [0.15, 0.2) is 27.1 Å². The average Bonchev–Trinajstić information content (AvgIpc) is 2.84. The zero-order chi connectivity index (χ0) is 13.4. The van der Waals surface area contributed by atoms with Crippen LogP contribution >= 0.6 is 23.2 Å². The van der Waals surface area contributed by atoms with E-state index in [1.807, 2.05) is 0 Å². The highest BCUT2D eigenvalue weighted by Crippen LogP contribution is 2.48. The number of halogens is 2. The summed E-state index contributed by atoms with van der Waals surface area (Å²) in [5, 5.41) is 3.94. The van der Waals surface area contributed by atoms with Crippen molar-refractivity contribution in [1.82, 2.24) is 9.97 Å². The quantitative estimate of drug-likeness (QED) is 0.752. The van der Waals surface area contributed by atoms with Gasteiger partial charge in [-0.15, -0.1) is 0 Å². The van der Waals surface area contributed by atoms with Gasteiger partial charge in [0.15, 0.2) is 0 Å². The monoisotopic (exact) mass is 312 g/mol. The molecule has 9 heteroatoms. The molecule has 1 aliphatic rings. The highest BCUT2D eigenvalue weighted by molar-refractivity contribution is 7.58. The molecule has 6 nitrogen and oxygen atoms in total. The fourth-order valence-electron chi connectivity index (χ4n) is 1.56. The summed E-state index contributed by atoms with van der Waals surface area (Å²) in [6, 6.07) is 3.28. The molecule has 0 unspecified atom stereocenters. The summed E-state index contributed by atoms with van der Waals surface area (Å²) in [4.78, 5) is 7.86. The number of rotatable bonds is 2. The fraction of sp³-hybridized carbons (Fsp3) is 0. The fourth-order valence-corrected chi connectivity index (χ4v) is 2.72. The van der Waals surface area contributed by atoms with Crippen LogP contribution in [-0.2, 0) is 11.4 Å². The lowest BCUT2D eigenvalue weighted by atomic mass is 10.2. The van der Waals surface area contributed by atoms with Crippen LogP contribution < -0.4 is 11.1 Å². The van der Waals surface area contributed by atoms with E-state index < -0.39 is 0 Å². The Morgan fingerprint density at radius 1 is 1.16 bits per heavy atom. The number of aromatic nitrogens is 2. The first-order valence-electron chi connectivity index (χ1n) is 5.11. The first kappa shape index (κ1) is 12.3. The van der Waals surface area contributed by atoms with Gasteiger partial charge in [-0.3, -0.25) is 0 Å². The molecule has 0 spiro atoms. The lowest BCUT2D eigenvalue weighted by Gasteiger charge is -2.11. The molecular formula is C10H6Cl2N6S. The Morgan fingerprint density at radius 2 is 1.95 bits per heavy atom. The first-order chi connectivity index (χ1) is 9.15. The van der Waals surface area contributed by atoms with Crippen molar-refractivity contribution >= 4 is 63.4 Å². The Morgan fingerprint density at radius 3 is 2.74 bits per heavy atom. The molecule has 3 N–H and O–H groups in total. The number of nitrogens with zero attached hydrogens (tertiary/aromatic N) is 4. The van der Waals surface area contributed by atoms with Crippen molar-refractivity contribution in [1.29, 1.82) is 0 Å². The minimum absolute atomic E-state index is 0.169. The van der Waals surface area contributed by atoms with Crippen LogP contribution in [-0.4, -0.2) is 9.97 Å². The Hall–Kier alpha value is -1.70. The topological polar surface area (TPSA) is 88.5 Å². The van der Waals surface area contributed by atoms with E-state index in [0.29, 0.717) is 32.9 Å². The second-order valence-electron chi connectivity index (χ2n) is 3.60. The summed E-state index contributed by atoms with van der Waals surface area (Å²) in [5.41, 5.74) is 7.31. The van der Waals surface area contributed by atoms with Gasteiger partial charge < -0.3 is 11.1 Å².